The molecule has 0 amide bonds. The molecule has 0 unspecified atom stereocenters. The average molecular weight is 311 g/mol. The van der Waals surface area contributed by atoms with Crippen LogP contribution >= 0.6 is 11.6 Å². The maximum Gasteiger partial charge on any atom is 0.303 e. The van der Waals surface area contributed by atoms with E-state index in [1.165, 1.54) is 5.56 Å². The fraction of sp³-hybridized carbons (Fsp3) is 0.562. The predicted octanol–water partition coefficient (Wildman–Crippen LogP) is 2.71. The first-order chi connectivity index (χ1) is 10.1. The van der Waals surface area contributed by atoms with E-state index < -0.39 is 5.97 Å². The summed E-state index contributed by atoms with van der Waals surface area (Å²) in [6.45, 7) is 6.07. The lowest BCUT2D eigenvalue weighted by Crippen LogP contribution is -2.31. The first-order valence-corrected chi connectivity index (χ1v) is 7.92. The highest BCUT2D eigenvalue weighted by Gasteiger charge is 2.15. The number of halogens is 1. The number of hydrogen-bond donors (Lipinski definition) is 1. The predicted molar refractivity (Wildman–Crippen MR) is 84.7 cm³/mol. The molecule has 21 heavy (non-hydrogen) atoms. The van der Waals surface area contributed by atoms with Crippen LogP contribution in [0.25, 0.3) is 0 Å². The molecule has 1 aliphatic heterocycles. The van der Waals surface area contributed by atoms with Crippen molar-refractivity contribution in [1.82, 2.24) is 9.80 Å². The van der Waals surface area contributed by atoms with Crippen molar-refractivity contribution in [3.63, 3.8) is 0 Å². The largest absolute Gasteiger partial charge is 0.481 e. The Morgan fingerprint density at radius 2 is 1.76 bits per heavy atom. The highest BCUT2D eigenvalue weighted by Crippen LogP contribution is 2.13. The summed E-state index contributed by atoms with van der Waals surface area (Å²) in [4.78, 5) is 15.4. The van der Waals surface area contributed by atoms with Gasteiger partial charge in [0.25, 0.3) is 0 Å². The lowest BCUT2D eigenvalue weighted by molar-refractivity contribution is -0.137. The fourth-order valence-corrected chi connectivity index (χ4v) is 2.83. The van der Waals surface area contributed by atoms with Gasteiger partial charge in [0.05, 0.1) is 0 Å². The van der Waals surface area contributed by atoms with Crippen molar-refractivity contribution in [2.24, 2.45) is 0 Å². The van der Waals surface area contributed by atoms with Gasteiger partial charge in [0, 0.05) is 31.1 Å². The lowest BCUT2D eigenvalue weighted by Gasteiger charge is -2.21. The fourth-order valence-electron chi connectivity index (χ4n) is 2.71. The first kappa shape index (κ1) is 16.3. The van der Waals surface area contributed by atoms with Crippen LogP contribution in [-0.4, -0.2) is 53.6 Å². The molecule has 0 aliphatic carbocycles. The summed E-state index contributed by atoms with van der Waals surface area (Å²) in [6.07, 6.45) is 2.15. The van der Waals surface area contributed by atoms with Crippen LogP contribution < -0.4 is 0 Å². The summed E-state index contributed by atoms with van der Waals surface area (Å²) in [5, 5.41) is 9.47. The van der Waals surface area contributed by atoms with Gasteiger partial charge in [-0.1, -0.05) is 23.7 Å². The minimum absolute atomic E-state index is 0.269. The number of carbonyl (C=O) groups is 1. The zero-order valence-corrected chi connectivity index (χ0v) is 13.1. The van der Waals surface area contributed by atoms with Crippen LogP contribution in [0.5, 0.6) is 0 Å². The van der Waals surface area contributed by atoms with Gasteiger partial charge in [-0.05, 0) is 50.2 Å². The molecule has 1 aliphatic rings. The molecule has 1 aromatic rings. The van der Waals surface area contributed by atoms with E-state index in [9.17, 15) is 4.79 Å². The molecule has 0 bridgehead atoms. The zero-order valence-electron chi connectivity index (χ0n) is 12.3. The van der Waals surface area contributed by atoms with Gasteiger partial charge in [0.1, 0.15) is 0 Å². The van der Waals surface area contributed by atoms with E-state index >= 15 is 0 Å². The van der Waals surface area contributed by atoms with E-state index in [1.54, 1.807) is 0 Å². The highest BCUT2D eigenvalue weighted by molar-refractivity contribution is 6.30. The molecule has 5 heteroatoms. The van der Waals surface area contributed by atoms with Crippen LogP contribution in [0.2, 0.25) is 5.02 Å². The molecule has 1 fully saturated rings. The molecule has 1 heterocycles. The average Bonchev–Trinajstić information content (AvgIpc) is 2.67. The van der Waals surface area contributed by atoms with Gasteiger partial charge in [0.15, 0.2) is 0 Å². The van der Waals surface area contributed by atoms with E-state index in [0.29, 0.717) is 0 Å². The molecular weight excluding hydrogens is 288 g/mol. The normalized spacial score (nSPS) is 17.6. The van der Waals surface area contributed by atoms with Gasteiger partial charge in [0.2, 0.25) is 0 Å². The summed E-state index contributed by atoms with van der Waals surface area (Å²) in [6, 6.07) is 8.04. The highest BCUT2D eigenvalue weighted by atomic mass is 35.5. The Balaban J connectivity index is 1.75. The molecule has 1 saturated heterocycles. The third kappa shape index (κ3) is 6.04. The van der Waals surface area contributed by atoms with Crippen molar-refractivity contribution in [2.45, 2.75) is 25.8 Å². The maximum atomic E-state index is 10.6. The van der Waals surface area contributed by atoms with Crippen LogP contribution in [0.1, 0.15) is 24.8 Å². The number of nitrogens with zero attached hydrogens (tertiary/aromatic N) is 2. The van der Waals surface area contributed by atoms with Crippen molar-refractivity contribution in [1.29, 1.82) is 0 Å². The summed E-state index contributed by atoms with van der Waals surface area (Å²) in [7, 11) is 0. The monoisotopic (exact) mass is 310 g/mol. The second-order valence-corrected chi connectivity index (χ2v) is 6.03. The number of rotatable bonds is 6. The number of carboxylic acid groups (broad SMARTS) is 1. The third-order valence-electron chi connectivity index (χ3n) is 3.87. The van der Waals surface area contributed by atoms with E-state index in [2.05, 4.69) is 21.9 Å². The molecular formula is C16H23ClN2O2. The molecule has 1 aromatic carbocycles. The summed E-state index contributed by atoms with van der Waals surface area (Å²) < 4.78 is 0. The summed E-state index contributed by atoms with van der Waals surface area (Å²) in [5.41, 5.74) is 1.29. The lowest BCUT2D eigenvalue weighted by atomic mass is 10.2. The topological polar surface area (TPSA) is 43.8 Å². The molecule has 0 radical (unpaired) electrons. The van der Waals surface area contributed by atoms with Gasteiger partial charge < -0.3 is 10.0 Å². The molecule has 116 valence electrons. The maximum absolute atomic E-state index is 10.6. The Morgan fingerprint density at radius 3 is 2.48 bits per heavy atom. The minimum atomic E-state index is -0.700. The van der Waals surface area contributed by atoms with E-state index in [0.717, 1.165) is 57.1 Å². The quantitative estimate of drug-likeness (QED) is 0.877. The van der Waals surface area contributed by atoms with E-state index in [-0.39, 0.29) is 6.42 Å². The van der Waals surface area contributed by atoms with Crippen LogP contribution in [0.15, 0.2) is 24.3 Å². The molecule has 2 rings (SSSR count). The summed E-state index contributed by atoms with van der Waals surface area (Å²) in [5.74, 6) is -0.700. The molecule has 4 nitrogen and oxygen atoms in total. The minimum Gasteiger partial charge on any atom is -0.481 e. The molecule has 0 aromatic heterocycles. The van der Waals surface area contributed by atoms with Crippen molar-refractivity contribution < 1.29 is 9.90 Å². The summed E-state index contributed by atoms with van der Waals surface area (Å²) >= 11 is 5.91. The van der Waals surface area contributed by atoms with Gasteiger partial charge in [-0.3, -0.25) is 9.69 Å². The standard InChI is InChI=1S/C16H23ClN2O2/c17-15-6-4-14(5-7-15)13-19-10-2-9-18(11-12-19)8-1-3-16(20)21/h4-7H,1-3,8-13H2,(H,20,21). The Labute approximate surface area is 131 Å². The second-order valence-electron chi connectivity index (χ2n) is 5.60. The van der Waals surface area contributed by atoms with Crippen molar-refractivity contribution in [3.05, 3.63) is 34.9 Å². The Hall–Kier alpha value is -1.10. The molecule has 0 atom stereocenters. The van der Waals surface area contributed by atoms with Gasteiger partial charge in [-0.2, -0.15) is 0 Å². The molecule has 0 saturated carbocycles. The Bertz CT molecular complexity index is 450. The van der Waals surface area contributed by atoms with Gasteiger partial charge >= 0.3 is 5.97 Å². The Morgan fingerprint density at radius 1 is 1.10 bits per heavy atom. The van der Waals surface area contributed by atoms with Crippen LogP contribution in [0.3, 0.4) is 0 Å². The Kier molecular flexibility index (Phi) is 6.49. The second kappa shape index (κ2) is 8.37. The first-order valence-electron chi connectivity index (χ1n) is 7.54. The molecule has 1 N–H and O–H groups in total. The zero-order chi connectivity index (χ0) is 15.1. The van der Waals surface area contributed by atoms with Gasteiger partial charge in [-0.15, -0.1) is 0 Å². The molecule has 0 spiro atoms. The van der Waals surface area contributed by atoms with Crippen molar-refractivity contribution in [2.75, 3.05) is 32.7 Å². The van der Waals surface area contributed by atoms with Gasteiger partial charge in [-0.25, -0.2) is 0 Å². The van der Waals surface area contributed by atoms with E-state index in [4.69, 9.17) is 16.7 Å². The number of aliphatic carboxylic acids is 1. The number of carboxylic acids is 1. The van der Waals surface area contributed by atoms with Crippen LogP contribution in [0, 0.1) is 0 Å². The van der Waals surface area contributed by atoms with E-state index in [1.807, 2.05) is 12.1 Å². The number of benzene rings is 1. The smallest absolute Gasteiger partial charge is 0.303 e. The SMILES string of the molecule is O=C(O)CCCN1CCCN(Cc2ccc(Cl)cc2)CC1. The van der Waals surface area contributed by atoms with Crippen molar-refractivity contribution >= 4 is 17.6 Å². The van der Waals surface area contributed by atoms with Crippen LogP contribution in [-0.2, 0) is 11.3 Å². The third-order valence-corrected chi connectivity index (χ3v) is 4.12. The van der Waals surface area contributed by atoms with Crippen LogP contribution in [0.4, 0.5) is 0 Å². The number of hydrogen-bond acceptors (Lipinski definition) is 3. The van der Waals surface area contributed by atoms with Crippen molar-refractivity contribution in [3.8, 4) is 0 Å².